The van der Waals surface area contributed by atoms with E-state index in [1.165, 1.54) is 0 Å². The minimum atomic E-state index is -4.68. The molecular weight excluding hydrogens is 213 g/mol. The van der Waals surface area contributed by atoms with E-state index in [4.69, 9.17) is 15.7 Å². The second-order valence-electron chi connectivity index (χ2n) is 1.76. The smallest absolute Gasteiger partial charge is 0.365 e. The number of alkyl halides is 3. The molecule has 0 unspecified atom stereocenters. The highest BCUT2D eigenvalue weighted by atomic mass is 35.5. The number of rotatable bonds is 1. The molecule has 0 radical (unpaired) electrons. The molecule has 0 saturated heterocycles. The monoisotopic (exact) mass is 219 g/mol. The van der Waals surface area contributed by atoms with Gasteiger partial charge in [-0.2, -0.15) is 13.2 Å². The minimum absolute atomic E-state index is 0.382. The Balaban J connectivity index is 2.97. The first-order valence-electron chi connectivity index (χ1n) is 4.11. The van der Waals surface area contributed by atoms with Gasteiger partial charge < -0.3 is 5.32 Å². The molecule has 0 bridgehead atoms. The number of hydrogen-bond donors (Lipinski definition) is 1. The third-order valence-corrected chi connectivity index (χ3v) is 2.13. The van der Waals surface area contributed by atoms with E-state index in [0.29, 0.717) is 11.3 Å². The van der Waals surface area contributed by atoms with Gasteiger partial charge in [0.2, 0.25) is 0 Å². The van der Waals surface area contributed by atoms with E-state index < -0.39 is 23.2 Å². The van der Waals surface area contributed by atoms with Gasteiger partial charge in [0, 0.05) is 11.1 Å². The molecule has 0 saturated carbocycles. The van der Waals surface area contributed by atoms with Crippen LogP contribution in [0, 0.1) is 0 Å². The molecule has 1 N–H and O–H groups in total. The molecular formula is C5H4ClF3N2S. The number of thiazole rings is 1. The fraction of sp³-hybridized carbons (Fsp3) is 0.400. The molecule has 7 heteroatoms. The SMILES string of the molecule is [2H]C([2H])([2H])Nc1nc(C(F)(F)F)c(Cl)s1. The van der Waals surface area contributed by atoms with E-state index in [1.54, 1.807) is 0 Å². The zero-order chi connectivity index (χ0) is 11.9. The van der Waals surface area contributed by atoms with Gasteiger partial charge in [-0.1, -0.05) is 22.9 Å². The Morgan fingerprint density at radius 1 is 1.67 bits per heavy atom. The number of hydrogen-bond acceptors (Lipinski definition) is 3. The summed E-state index contributed by atoms with van der Waals surface area (Å²) in [4.78, 5) is 3.06. The van der Waals surface area contributed by atoms with Crippen LogP contribution >= 0.6 is 22.9 Å². The lowest BCUT2D eigenvalue weighted by Crippen LogP contribution is -2.06. The Hall–Kier alpha value is -0.490. The van der Waals surface area contributed by atoms with Gasteiger partial charge in [-0.25, -0.2) is 4.98 Å². The minimum Gasteiger partial charge on any atom is -0.365 e. The summed E-state index contributed by atoms with van der Waals surface area (Å²) in [6, 6.07) is 0. The van der Waals surface area contributed by atoms with Crippen LogP contribution in [0.15, 0.2) is 0 Å². The van der Waals surface area contributed by atoms with E-state index in [2.05, 4.69) is 4.98 Å². The fourth-order valence-electron chi connectivity index (χ4n) is 0.530. The molecule has 1 aromatic heterocycles. The van der Waals surface area contributed by atoms with Gasteiger partial charge in [0.1, 0.15) is 4.34 Å². The molecule has 0 aliphatic heterocycles. The maximum absolute atomic E-state index is 12.2. The van der Waals surface area contributed by atoms with E-state index in [1.807, 2.05) is 5.32 Å². The zero-order valence-corrected chi connectivity index (χ0v) is 6.94. The third-order valence-electron chi connectivity index (χ3n) is 0.961. The summed E-state index contributed by atoms with van der Waals surface area (Å²) in [6.45, 7) is -2.59. The average molecular weight is 220 g/mol. The Morgan fingerprint density at radius 2 is 2.33 bits per heavy atom. The maximum Gasteiger partial charge on any atom is 0.435 e. The van der Waals surface area contributed by atoms with Crippen molar-refractivity contribution in [3.8, 4) is 0 Å². The van der Waals surface area contributed by atoms with Crippen molar-refractivity contribution in [3.63, 3.8) is 0 Å². The molecule has 0 spiro atoms. The molecule has 12 heavy (non-hydrogen) atoms. The molecule has 0 aliphatic rings. The predicted octanol–water partition coefficient (Wildman–Crippen LogP) is 2.86. The number of nitrogens with zero attached hydrogens (tertiary/aromatic N) is 1. The lowest BCUT2D eigenvalue weighted by molar-refractivity contribution is -0.140. The first-order valence-corrected chi connectivity index (χ1v) is 3.81. The number of halogens is 4. The zero-order valence-electron chi connectivity index (χ0n) is 8.37. The Morgan fingerprint density at radius 3 is 2.75 bits per heavy atom. The quantitative estimate of drug-likeness (QED) is 0.786. The van der Waals surface area contributed by atoms with Crippen LogP contribution < -0.4 is 5.32 Å². The molecule has 0 atom stereocenters. The van der Waals surface area contributed by atoms with Crippen LogP contribution in [0.5, 0.6) is 0 Å². The first-order chi connectivity index (χ1) is 6.59. The molecule has 0 aliphatic carbocycles. The highest BCUT2D eigenvalue weighted by Gasteiger charge is 2.37. The molecule has 0 amide bonds. The number of aromatic nitrogens is 1. The second-order valence-corrected chi connectivity index (χ2v) is 3.37. The summed E-state index contributed by atoms with van der Waals surface area (Å²) >= 11 is 5.70. The van der Waals surface area contributed by atoms with Crippen LogP contribution in [-0.4, -0.2) is 12.0 Å². The van der Waals surface area contributed by atoms with E-state index in [9.17, 15) is 13.2 Å². The maximum atomic E-state index is 12.2. The van der Waals surface area contributed by atoms with Gasteiger partial charge in [-0.05, 0) is 0 Å². The van der Waals surface area contributed by atoms with Gasteiger partial charge in [0.25, 0.3) is 0 Å². The normalized spacial score (nSPS) is 16.5. The highest BCUT2D eigenvalue weighted by Crippen LogP contribution is 2.38. The van der Waals surface area contributed by atoms with Crippen molar-refractivity contribution in [1.29, 1.82) is 0 Å². The Kier molecular flexibility index (Phi) is 1.56. The van der Waals surface area contributed by atoms with Crippen molar-refractivity contribution >= 4 is 28.1 Å². The highest BCUT2D eigenvalue weighted by molar-refractivity contribution is 7.19. The molecule has 68 valence electrons. The summed E-state index contributed by atoms with van der Waals surface area (Å²) in [5.41, 5.74) is -1.28. The van der Waals surface area contributed by atoms with Crippen molar-refractivity contribution in [2.75, 3.05) is 12.3 Å². The predicted molar refractivity (Wildman–Crippen MR) is 41.7 cm³/mol. The van der Waals surface area contributed by atoms with Crippen LogP contribution in [0.1, 0.15) is 9.81 Å². The Labute approximate surface area is 79.6 Å². The number of nitrogens with one attached hydrogen (secondary N) is 1. The van der Waals surface area contributed by atoms with Crippen molar-refractivity contribution in [3.05, 3.63) is 10.0 Å². The lowest BCUT2D eigenvalue weighted by atomic mass is 10.5. The fourth-order valence-corrected chi connectivity index (χ4v) is 1.51. The summed E-state index contributed by atoms with van der Waals surface area (Å²) < 4.78 is 56.3. The van der Waals surface area contributed by atoms with Gasteiger partial charge >= 0.3 is 6.18 Å². The van der Waals surface area contributed by atoms with Crippen molar-refractivity contribution in [2.24, 2.45) is 0 Å². The second kappa shape index (κ2) is 3.10. The van der Waals surface area contributed by atoms with Crippen LogP contribution in [0.25, 0.3) is 0 Å². The molecule has 0 fully saturated rings. The lowest BCUT2D eigenvalue weighted by Gasteiger charge is -2.00. The van der Waals surface area contributed by atoms with Crippen LogP contribution in [0.3, 0.4) is 0 Å². The van der Waals surface area contributed by atoms with Crippen molar-refractivity contribution in [1.82, 2.24) is 4.98 Å². The van der Waals surface area contributed by atoms with Crippen LogP contribution in [-0.2, 0) is 6.18 Å². The van der Waals surface area contributed by atoms with Gasteiger partial charge in [0.15, 0.2) is 10.8 Å². The summed E-state index contributed by atoms with van der Waals surface area (Å²) in [5.74, 6) is 0. The summed E-state index contributed by atoms with van der Waals surface area (Å²) in [7, 11) is 0. The third kappa shape index (κ3) is 1.81. The van der Waals surface area contributed by atoms with Gasteiger partial charge in [-0.15, -0.1) is 0 Å². The van der Waals surface area contributed by atoms with E-state index in [-0.39, 0.29) is 5.13 Å². The van der Waals surface area contributed by atoms with Crippen molar-refractivity contribution < 1.29 is 17.3 Å². The van der Waals surface area contributed by atoms with Crippen LogP contribution in [0.4, 0.5) is 18.3 Å². The standard InChI is InChI=1S/C5H4ClF3N2S/c1-10-4-11-2(3(6)12-4)5(7,8)9/h1H3,(H,10,11)/i1D3. The van der Waals surface area contributed by atoms with Gasteiger partial charge in [0.05, 0.1) is 0 Å². The topological polar surface area (TPSA) is 24.9 Å². The average Bonchev–Trinajstić information content (AvgIpc) is 2.25. The van der Waals surface area contributed by atoms with E-state index >= 15 is 0 Å². The molecule has 1 rings (SSSR count). The van der Waals surface area contributed by atoms with E-state index in [0.717, 1.165) is 0 Å². The van der Waals surface area contributed by atoms with Crippen LogP contribution in [0.2, 0.25) is 4.34 Å². The molecule has 1 aromatic rings. The Bertz CT molecular complexity index is 361. The molecule has 2 nitrogen and oxygen atoms in total. The molecule has 1 heterocycles. The largest absolute Gasteiger partial charge is 0.435 e. The van der Waals surface area contributed by atoms with Crippen molar-refractivity contribution in [2.45, 2.75) is 6.18 Å². The number of anilines is 1. The molecule has 0 aromatic carbocycles. The summed E-state index contributed by atoms with van der Waals surface area (Å²) in [6.07, 6.45) is -4.68. The summed E-state index contributed by atoms with van der Waals surface area (Å²) in [5, 5.41) is 1.46. The first kappa shape index (κ1) is 6.04. The van der Waals surface area contributed by atoms with Gasteiger partial charge in [-0.3, -0.25) is 0 Å².